The van der Waals surface area contributed by atoms with Gasteiger partial charge in [-0.05, 0) is 24.3 Å². The van der Waals surface area contributed by atoms with Crippen LogP contribution in [0.25, 0.3) is 0 Å². The Labute approximate surface area is 95.9 Å². The van der Waals surface area contributed by atoms with Gasteiger partial charge in [0.15, 0.2) is 0 Å². The third-order valence-electron chi connectivity index (χ3n) is 1.88. The van der Waals surface area contributed by atoms with Crippen LogP contribution in [-0.4, -0.2) is 4.98 Å². The molecule has 0 bridgehead atoms. The highest BCUT2D eigenvalue weighted by Gasteiger charge is 2.01. The molecule has 1 N–H and O–H groups in total. The zero-order valence-corrected chi connectivity index (χ0v) is 8.80. The lowest BCUT2D eigenvalue weighted by Gasteiger charge is -2.06. The molecule has 0 aliphatic rings. The third kappa shape index (κ3) is 2.67. The van der Waals surface area contributed by atoms with Crippen LogP contribution in [0.3, 0.4) is 0 Å². The summed E-state index contributed by atoms with van der Waals surface area (Å²) in [5.41, 5.74) is 0.935. The molecule has 0 aliphatic carbocycles. The molecule has 16 heavy (non-hydrogen) atoms. The van der Waals surface area contributed by atoms with Gasteiger partial charge in [-0.3, -0.25) is 0 Å². The van der Waals surface area contributed by atoms with E-state index in [-0.39, 0.29) is 0 Å². The summed E-state index contributed by atoms with van der Waals surface area (Å²) in [6, 6.07) is 6.40. The number of pyridine rings is 1. The van der Waals surface area contributed by atoms with E-state index in [4.69, 9.17) is 11.6 Å². The first-order valence-electron chi connectivity index (χ1n) is 4.48. The van der Waals surface area contributed by atoms with Crippen LogP contribution >= 0.6 is 11.6 Å². The molecule has 2 rings (SSSR count). The Kier molecular flexibility index (Phi) is 3.01. The van der Waals surface area contributed by atoms with E-state index in [1.807, 2.05) is 0 Å². The smallest absolute Gasteiger partial charge is 0.131 e. The van der Waals surface area contributed by atoms with Crippen molar-refractivity contribution in [2.75, 3.05) is 5.32 Å². The standard InChI is InChI=1S/C11H7ClF2N2/c12-11-6-9(1-2-15-11)16-10-4-7(13)3-8(14)5-10/h1-6H,(H,15,16). The summed E-state index contributed by atoms with van der Waals surface area (Å²) < 4.78 is 25.8. The zero-order chi connectivity index (χ0) is 11.5. The number of halogens is 3. The van der Waals surface area contributed by atoms with Crippen LogP contribution in [0.15, 0.2) is 36.5 Å². The van der Waals surface area contributed by atoms with Gasteiger partial charge < -0.3 is 5.32 Å². The van der Waals surface area contributed by atoms with Crippen molar-refractivity contribution in [3.8, 4) is 0 Å². The van der Waals surface area contributed by atoms with Crippen LogP contribution in [0.4, 0.5) is 20.2 Å². The number of rotatable bonds is 2. The number of hydrogen-bond donors (Lipinski definition) is 1. The Bertz CT molecular complexity index is 497. The zero-order valence-electron chi connectivity index (χ0n) is 8.05. The highest BCUT2D eigenvalue weighted by atomic mass is 35.5. The van der Waals surface area contributed by atoms with Gasteiger partial charge in [-0.25, -0.2) is 13.8 Å². The largest absolute Gasteiger partial charge is 0.355 e. The highest BCUT2D eigenvalue weighted by molar-refractivity contribution is 6.29. The average Bonchev–Trinajstić information content (AvgIpc) is 2.15. The first-order chi connectivity index (χ1) is 7.63. The molecule has 0 spiro atoms. The molecule has 1 aromatic carbocycles. The van der Waals surface area contributed by atoms with Gasteiger partial charge in [-0.2, -0.15) is 0 Å². The van der Waals surface area contributed by atoms with Gasteiger partial charge in [-0.1, -0.05) is 11.6 Å². The molecule has 0 aliphatic heterocycles. The van der Waals surface area contributed by atoms with Gasteiger partial charge in [0, 0.05) is 23.6 Å². The first kappa shape index (κ1) is 10.8. The monoisotopic (exact) mass is 240 g/mol. The van der Waals surface area contributed by atoms with Crippen LogP contribution in [0.1, 0.15) is 0 Å². The molecule has 1 aromatic heterocycles. The summed E-state index contributed by atoms with van der Waals surface area (Å²) in [6.45, 7) is 0. The quantitative estimate of drug-likeness (QED) is 0.809. The van der Waals surface area contributed by atoms with Gasteiger partial charge in [0.25, 0.3) is 0 Å². The van der Waals surface area contributed by atoms with Crippen LogP contribution in [0.2, 0.25) is 5.15 Å². The normalized spacial score (nSPS) is 10.2. The van der Waals surface area contributed by atoms with Gasteiger partial charge in [0.2, 0.25) is 0 Å². The van der Waals surface area contributed by atoms with Crippen LogP contribution in [0, 0.1) is 11.6 Å². The van der Waals surface area contributed by atoms with Crippen molar-refractivity contribution in [3.63, 3.8) is 0 Å². The Morgan fingerprint density at radius 3 is 2.31 bits per heavy atom. The maximum atomic E-state index is 12.9. The van der Waals surface area contributed by atoms with Crippen LogP contribution in [0.5, 0.6) is 0 Å². The number of benzene rings is 1. The lowest BCUT2D eigenvalue weighted by atomic mass is 10.3. The lowest BCUT2D eigenvalue weighted by Crippen LogP contribution is -1.92. The Morgan fingerprint density at radius 2 is 1.69 bits per heavy atom. The molecule has 1 heterocycles. The molecule has 2 aromatic rings. The summed E-state index contributed by atoms with van der Waals surface area (Å²) >= 11 is 5.67. The second kappa shape index (κ2) is 4.45. The fourth-order valence-corrected chi connectivity index (χ4v) is 1.45. The van der Waals surface area contributed by atoms with E-state index in [2.05, 4.69) is 10.3 Å². The summed E-state index contributed by atoms with van der Waals surface area (Å²) in [5.74, 6) is -1.27. The second-order valence-electron chi connectivity index (χ2n) is 3.15. The van der Waals surface area contributed by atoms with Gasteiger partial charge in [0.05, 0.1) is 0 Å². The minimum atomic E-state index is -0.636. The molecule has 82 valence electrons. The minimum Gasteiger partial charge on any atom is -0.355 e. The molecule has 0 atom stereocenters. The molecule has 0 fully saturated rings. The van der Waals surface area contributed by atoms with Crippen molar-refractivity contribution in [1.82, 2.24) is 4.98 Å². The first-order valence-corrected chi connectivity index (χ1v) is 4.86. The number of aromatic nitrogens is 1. The van der Waals surface area contributed by atoms with Gasteiger partial charge in [0.1, 0.15) is 16.8 Å². The predicted molar refractivity (Wildman–Crippen MR) is 58.9 cm³/mol. The van der Waals surface area contributed by atoms with E-state index in [9.17, 15) is 8.78 Å². The predicted octanol–water partition coefficient (Wildman–Crippen LogP) is 3.76. The fourth-order valence-electron chi connectivity index (χ4n) is 1.27. The van der Waals surface area contributed by atoms with Crippen molar-refractivity contribution in [1.29, 1.82) is 0 Å². The SMILES string of the molecule is Fc1cc(F)cc(Nc2ccnc(Cl)c2)c1. The van der Waals surface area contributed by atoms with Crippen molar-refractivity contribution < 1.29 is 8.78 Å². The van der Waals surface area contributed by atoms with Gasteiger partial charge >= 0.3 is 0 Å². The maximum Gasteiger partial charge on any atom is 0.131 e. The topological polar surface area (TPSA) is 24.9 Å². The summed E-state index contributed by atoms with van der Waals surface area (Å²) in [5, 5.41) is 3.13. The third-order valence-corrected chi connectivity index (χ3v) is 2.08. The number of nitrogens with zero attached hydrogens (tertiary/aromatic N) is 1. The Hall–Kier alpha value is -1.68. The summed E-state index contributed by atoms with van der Waals surface area (Å²) in [7, 11) is 0. The van der Waals surface area contributed by atoms with Crippen LogP contribution < -0.4 is 5.32 Å². The molecule has 5 heteroatoms. The number of hydrogen-bond acceptors (Lipinski definition) is 2. The summed E-state index contributed by atoms with van der Waals surface area (Å²) in [4.78, 5) is 3.79. The number of anilines is 2. The Balaban J connectivity index is 2.27. The highest BCUT2D eigenvalue weighted by Crippen LogP contribution is 2.20. The molecule has 2 nitrogen and oxygen atoms in total. The Morgan fingerprint density at radius 1 is 1.00 bits per heavy atom. The van der Waals surface area contributed by atoms with E-state index in [0.29, 0.717) is 16.5 Å². The van der Waals surface area contributed by atoms with Crippen molar-refractivity contribution in [2.24, 2.45) is 0 Å². The minimum absolute atomic E-state index is 0.307. The lowest BCUT2D eigenvalue weighted by molar-refractivity contribution is 0.584. The molecule has 0 unspecified atom stereocenters. The molecule has 0 saturated carbocycles. The average molecular weight is 241 g/mol. The van der Waals surface area contributed by atoms with E-state index in [1.165, 1.54) is 18.3 Å². The van der Waals surface area contributed by atoms with Crippen molar-refractivity contribution >= 4 is 23.0 Å². The summed E-state index contributed by atoms with van der Waals surface area (Å²) in [6.07, 6.45) is 1.50. The molecular weight excluding hydrogens is 234 g/mol. The fraction of sp³-hybridized carbons (Fsp3) is 0. The van der Waals surface area contributed by atoms with Gasteiger partial charge in [-0.15, -0.1) is 0 Å². The molecule has 0 saturated heterocycles. The number of nitrogens with one attached hydrogen (secondary N) is 1. The van der Waals surface area contributed by atoms with Crippen molar-refractivity contribution in [3.05, 3.63) is 53.3 Å². The molecule has 0 amide bonds. The van der Waals surface area contributed by atoms with Crippen LogP contribution in [-0.2, 0) is 0 Å². The van der Waals surface area contributed by atoms with E-state index in [0.717, 1.165) is 6.07 Å². The molecule has 0 radical (unpaired) electrons. The molecular formula is C11H7ClF2N2. The maximum absolute atomic E-state index is 12.9. The van der Waals surface area contributed by atoms with E-state index >= 15 is 0 Å². The van der Waals surface area contributed by atoms with E-state index < -0.39 is 11.6 Å². The van der Waals surface area contributed by atoms with Crippen molar-refractivity contribution in [2.45, 2.75) is 0 Å². The second-order valence-corrected chi connectivity index (χ2v) is 3.54. The van der Waals surface area contributed by atoms with E-state index in [1.54, 1.807) is 12.1 Å².